The molecule has 0 aliphatic heterocycles. The molecule has 18 heavy (non-hydrogen) atoms. The van der Waals surface area contributed by atoms with Gasteiger partial charge in [-0.2, -0.15) is 0 Å². The molecule has 0 spiro atoms. The van der Waals surface area contributed by atoms with E-state index in [-0.39, 0.29) is 11.8 Å². The molecule has 0 aliphatic rings. The van der Waals surface area contributed by atoms with Gasteiger partial charge in [-0.3, -0.25) is 0 Å². The zero-order valence-electron chi connectivity index (χ0n) is 10.4. The molecule has 1 aromatic rings. The first-order valence-electron chi connectivity index (χ1n) is 5.42. The molecule has 3 nitrogen and oxygen atoms in total. The summed E-state index contributed by atoms with van der Waals surface area (Å²) in [5, 5.41) is 12.7. The third kappa shape index (κ3) is 4.83. The van der Waals surface area contributed by atoms with E-state index < -0.39 is 12.0 Å². The van der Waals surface area contributed by atoms with Gasteiger partial charge in [-0.1, -0.05) is 0 Å². The molecular formula is C12H16F3NO2. The van der Waals surface area contributed by atoms with Crippen molar-refractivity contribution in [2.24, 2.45) is 0 Å². The molecule has 0 saturated carbocycles. The van der Waals surface area contributed by atoms with Crippen molar-refractivity contribution in [1.29, 1.82) is 0 Å². The van der Waals surface area contributed by atoms with Crippen LogP contribution >= 0.6 is 0 Å². The number of ether oxygens (including phenoxy) is 1. The van der Waals surface area contributed by atoms with Crippen LogP contribution in [0, 0.1) is 0 Å². The smallest absolute Gasteiger partial charge is 0.406 e. The first kappa shape index (κ1) is 14.6. The minimum absolute atomic E-state index is 0.244. The Morgan fingerprint density at radius 3 is 2.06 bits per heavy atom. The molecule has 0 heterocycles. The molecule has 0 saturated heterocycles. The number of anilines is 1. The summed E-state index contributed by atoms with van der Waals surface area (Å²) in [6, 6.07) is 5.11. The van der Waals surface area contributed by atoms with Crippen molar-refractivity contribution in [2.45, 2.75) is 38.8 Å². The highest BCUT2D eigenvalue weighted by molar-refractivity contribution is 5.47. The Labute approximate surface area is 104 Å². The fourth-order valence-corrected chi connectivity index (χ4v) is 1.18. The molecule has 6 heteroatoms. The van der Waals surface area contributed by atoms with Crippen molar-refractivity contribution in [1.82, 2.24) is 0 Å². The fourth-order valence-electron chi connectivity index (χ4n) is 1.18. The zero-order valence-corrected chi connectivity index (χ0v) is 10.4. The molecular weight excluding hydrogens is 247 g/mol. The molecule has 1 atom stereocenters. The van der Waals surface area contributed by atoms with E-state index in [1.807, 2.05) is 0 Å². The quantitative estimate of drug-likeness (QED) is 0.876. The Kier molecular flexibility index (Phi) is 4.11. The summed E-state index contributed by atoms with van der Waals surface area (Å²) in [6.45, 7) is 5.07. The lowest BCUT2D eigenvalue weighted by molar-refractivity contribution is -0.274. The summed E-state index contributed by atoms with van der Waals surface area (Å²) in [5.41, 5.74) is -0.319. The Bertz CT molecular complexity index is 382. The topological polar surface area (TPSA) is 41.5 Å². The molecule has 0 bridgehead atoms. The van der Waals surface area contributed by atoms with Crippen molar-refractivity contribution in [3.63, 3.8) is 0 Å². The van der Waals surface area contributed by atoms with Gasteiger partial charge in [0.15, 0.2) is 0 Å². The number of nitrogens with one attached hydrogen (secondary N) is 1. The van der Waals surface area contributed by atoms with Gasteiger partial charge in [-0.25, -0.2) is 0 Å². The van der Waals surface area contributed by atoms with Crippen molar-refractivity contribution >= 4 is 5.69 Å². The van der Waals surface area contributed by atoms with Gasteiger partial charge in [0.2, 0.25) is 0 Å². The Morgan fingerprint density at radius 1 is 1.17 bits per heavy atom. The first-order valence-corrected chi connectivity index (χ1v) is 5.42. The van der Waals surface area contributed by atoms with Crippen molar-refractivity contribution in [2.75, 3.05) is 5.32 Å². The van der Waals surface area contributed by atoms with Gasteiger partial charge in [0.25, 0.3) is 0 Å². The summed E-state index contributed by atoms with van der Waals surface area (Å²) in [6.07, 6.45) is -4.69. The van der Waals surface area contributed by atoms with Crippen molar-refractivity contribution in [3.05, 3.63) is 24.3 Å². The summed E-state index contributed by atoms with van der Waals surface area (Å²) in [7, 11) is 0. The average molecular weight is 263 g/mol. The largest absolute Gasteiger partial charge is 0.573 e. The monoisotopic (exact) mass is 263 g/mol. The van der Waals surface area contributed by atoms with Crippen LogP contribution in [0.15, 0.2) is 24.3 Å². The SMILES string of the molecule is CC(Nc1ccc(OC(F)(F)F)cc1)C(C)(C)O. The Balaban J connectivity index is 2.66. The van der Waals surface area contributed by atoms with Gasteiger partial charge in [0.05, 0.1) is 11.6 Å². The van der Waals surface area contributed by atoms with Crippen LogP contribution in [-0.2, 0) is 0 Å². The summed E-state index contributed by atoms with van der Waals surface area (Å²) in [5.74, 6) is -0.274. The van der Waals surface area contributed by atoms with Gasteiger partial charge in [-0.15, -0.1) is 13.2 Å². The first-order chi connectivity index (χ1) is 8.08. The van der Waals surface area contributed by atoms with Crippen molar-refractivity contribution < 1.29 is 23.0 Å². The highest BCUT2D eigenvalue weighted by atomic mass is 19.4. The van der Waals surface area contributed by atoms with E-state index in [0.29, 0.717) is 5.69 Å². The van der Waals surface area contributed by atoms with Crippen LogP contribution in [0.4, 0.5) is 18.9 Å². The van der Waals surface area contributed by atoms with Gasteiger partial charge >= 0.3 is 6.36 Å². The molecule has 1 rings (SSSR count). The molecule has 0 amide bonds. The zero-order chi connectivity index (χ0) is 14.0. The van der Waals surface area contributed by atoms with E-state index >= 15 is 0 Å². The summed E-state index contributed by atoms with van der Waals surface area (Å²) >= 11 is 0. The van der Waals surface area contributed by atoms with Crippen LogP contribution in [0.1, 0.15) is 20.8 Å². The maximum atomic E-state index is 11.9. The lowest BCUT2D eigenvalue weighted by Gasteiger charge is -2.27. The molecule has 0 fully saturated rings. The molecule has 0 aliphatic carbocycles. The van der Waals surface area contributed by atoms with Gasteiger partial charge < -0.3 is 15.2 Å². The van der Waals surface area contributed by atoms with E-state index in [2.05, 4.69) is 10.1 Å². The lowest BCUT2D eigenvalue weighted by atomic mass is 10.0. The second-order valence-electron chi connectivity index (χ2n) is 4.59. The standard InChI is InChI=1S/C12H16F3NO2/c1-8(11(2,3)17)16-9-4-6-10(7-5-9)18-12(13,14)15/h4-8,16-17H,1-3H3. The highest BCUT2D eigenvalue weighted by Crippen LogP contribution is 2.24. The van der Waals surface area contributed by atoms with E-state index in [9.17, 15) is 18.3 Å². The number of hydrogen-bond acceptors (Lipinski definition) is 3. The van der Waals surface area contributed by atoms with Gasteiger partial charge in [0.1, 0.15) is 5.75 Å². The predicted octanol–water partition coefficient (Wildman–Crippen LogP) is 3.16. The van der Waals surface area contributed by atoms with Crippen LogP contribution in [0.2, 0.25) is 0 Å². The number of hydrogen-bond donors (Lipinski definition) is 2. The third-order valence-corrected chi connectivity index (χ3v) is 2.53. The lowest BCUT2D eigenvalue weighted by Crippen LogP contribution is -2.39. The van der Waals surface area contributed by atoms with Crippen LogP contribution in [0.25, 0.3) is 0 Å². The van der Waals surface area contributed by atoms with E-state index in [1.54, 1.807) is 20.8 Å². The maximum Gasteiger partial charge on any atom is 0.573 e. The number of aliphatic hydroxyl groups is 1. The molecule has 2 N–H and O–H groups in total. The van der Waals surface area contributed by atoms with Crippen LogP contribution in [0.5, 0.6) is 5.75 Å². The highest BCUT2D eigenvalue weighted by Gasteiger charge is 2.31. The van der Waals surface area contributed by atoms with Gasteiger partial charge in [0, 0.05) is 5.69 Å². The van der Waals surface area contributed by atoms with Crippen LogP contribution in [-0.4, -0.2) is 23.1 Å². The van der Waals surface area contributed by atoms with Crippen molar-refractivity contribution in [3.8, 4) is 5.75 Å². The maximum absolute atomic E-state index is 11.9. The summed E-state index contributed by atoms with van der Waals surface area (Å²) in [4.78, 5) is 0. The Hall–Kier alpha value is -1.43. The molecule has 1 aromatic carbocycles. The number of alkyl halides is 3. The van der Waals surface area contributed by atoms with E-state index in [4.69, 9.17) is 0 Å². The van der Waals surface area contributed by atoms with Gasteiger partial charge in [-0.05, 0) is 45.0 Å². The minimum atomic E-state index is -4.69. The second-order valence-corrected chi connectivity index (χ2v) is 4.59. The number of benzene rings is 1. The van der Waals surface area contributed by atoms with Crippen LogP contribution < -0.4 is 10.1 Å². The summed E-state index contributed by atoms with van der Waals surface area (Å²) < 4.78 is 39.6. The van der Waals surface area contributed by atoms with E-state index in [0.717, 1.165) is 0 Å². The molecule has 1 unspecified atom stereocenters. The van der Waals surface area contributed by atoms with Crippen LogP contribution in [0.3, 0.4) is 0 Å². The second kappa shape index (κ2) is 5.06. The molecule has 102 valence electrons. The number of rotatable bonds is 4. The third-order valence-electron chi connectivity index (χ3n) is 2.53. The Morgan fingerprint density at radius 2 is 1.67 bits per heavy atom. The molecule has 0 radical (unpaired) electrons. The number of halogens is 3. The minimum Gasteiger partial charge on any atom is -0.406 e. The average Bonchev–Trinajstić information content (AvgIpc) is 2.17. The normalized spacial score (nSPS) is 14.2. The molecule has 0 aromatic heterocycles. The predicted molar refractivity (Wildman–Crippen MR) is 62.5 cm³/mol. The van der Waals surface area contributed by atoms with E-state index in [1.165, 1.54) is 24.3 Å². The fraction of sp³-hybridized carbons (Fsp3) is 0.500.